The van der Waals surface area contributed by atoms with E-state index in [1.165, 1.54) is 0 Å². The normalized spacial score (nSPS) is 15.5. The zero-order valence-corrected chi connectivity index (χ0v) is 18.5. The highest BCUT2D eigenvalue weighted by atomic mass is 19.2. The number of nitrogen functional groups attached to an aromatic ring is 1. The van der Waals surface area contributed by atoms with Crippen molar-refractivity contribution in [2.75, 3.05) is 17.6 Å². The molecule has 1 aromatic heterocycles. The number of fused-ring (bicyclic) bond motifs is 1. The maximum atomic E-state index is 14.7. The Balaban J connectivity index is 1.78. The number of halogens is 4. The number of nitrogens with two attached hydrogens (primary N) is 1. The van der Waals surface area contributed by atoms with Crippen LogP contribution in [0.2, 0.25) is 0 Å². The Morgan fingerprint density at radius 1 is 1.11 bits per heavy atom. The molecule has 15 heteroatoms. The van der Waals surface area contributed by atoms with E-state index >= 15 is 0 Å². The summed E-state index contributed by atoms with van der Waals surface area (Å²) in [6.07, 6.45) is -1.64. The fourth-order valence-corrected chi connectivity index (χ4v) is 3.86. The minimum atomic E-state index is -2.02. The third kappa shape index (κ3) is 5.55. The highest BCUT2D eigenvalue weighted by Gasteiger charge is 2.32. The second-order valence-corrected chi connectivity index (χ2v) is 8.17. The van der Waals surface area contributed by atoms with E-state index in [2.05, 4.69) is 15.3 Å². The van der Waals surface area contributed by atoms with Gasteiger partial charge in [-0.25, -0.2) is 22.4 Å². The first-order valence-corrected chi connectivity index (χ1v) is 10.6. The van der Waals surface area contributed by atoms with Crippen molar-refractivity contribution in [3.63, 3.8) is 0 Å². The van der Waals surface area contributed by atoms with Gasteiger partial charge < -0.3 is 26.6 Å². The Kier molecular flexibility index (Phi) is 7.80. The smallest absolute Gasteiger partial charge is 0.326 e. The number of carboxylic acids is 2. The number of carboxylic acid groups (broad SMARTS) is 2. The van der Waals surface area contributed by atoms with Crippen molar-refractivity contribution >= 4 is 29.6 Å². The van der Waals surface area contributed by atoms with Crippen LogP contribution in [0.3, 0.4) is 0 Å². The van der Waals surface area contributed by atoms with Crippen molar-refractivity contribution in [3.05, 3.63) is 50.3 Å². The van der Waals surface area contributed by atoms with Gasteiger partial charge in [-0.2, -0.15) is 4.98 Å². The molecule has 2 atom stereocenters. The lowest BCUT2D eigenvalue weighted by Gasteiger charge is -2.25. The lowest BCUT2D eigenvalue weighted by atomic mass is 9.90. The molecule has 2 aromatic rings. The highest BCUT2D eigenvalue weighted by Crippen LogP contribution is 2.28. The Morgan fingerprint density at radius 3 is 2.33 bits per heavy atom. The third-order valence-corrected chi connectivity index (χ3v) is 5.72. The van der Waals surface area contributed by atoms with E-state index in [0.717, 1.165) is 0 Å². The topological polar surface area (TPSA) is 187 Å². The van der Waals surface area contributed by atoms with Gasteiger partial charge in [0, 0.05) is 18.5 Å². The summed E-state index contributed by atoms with van der Waals surface area (Å²) in [6.45, 7) is 0.241. The molecule has 1 amide bonds. The Bertz CT molecular complexity index is 1260. The molecule has 1 unspecified atom stereocenters. The molecule has 0 spiro atoms. The van der Waals surface area contributed by atoms with E-state index in [1.54, 1.807) is 5.32 Å². The number of carbonyl (C=O) groups excluding carboxylic acids is 1. The van der Waals surface area contributed by atoms with Gasteiger partial charge in [0.2, 0.25) is 5.95 Å². The van der Waals surface area contributed by atoms with Gasteiger partial charge in [0.25, 0.3) is 11.5 Å². The van der Waals surface area contributed by atoms with E-state index in [0.29, 0.717) is 0 Å². The van der Waals surface area contributed by atoms with Crippen LogP contribution in [0.4, 0.5) is 29.3 Å². The molecule has 0 fully saturated rings. The fraction of sp³-hybridized carbons (Fsp3) is 0.381. The zero-order valence-electron chi connectivity index (χ0n) is 18.5. The van der Waals surface area contributed by atoms with E-state index < -0.39 is 83.1 Å². The fourth-order valence-electron chi connectivity index (χ4n) is 3.86. The SMILES string of the molecule is Nc1nc2c(c(=O)[nH]1)CC(CCc1c(F)c(F)c(C(=O)N[C@@H](CCC(=O)O)C(=O)O)c(F)c1F)CN2. The minimum Gasteiger partial charge on any atom is -0.481 e. The zero-order chi connectivity index (χ0) is 26.7. The van der Waals surface area contributed by atoms with Crippen LogP contribution in [-0.4, -0.2) is 50.6 Å². The summed E-state index contributed by atoms with van der Waals surface area (Å²) >= 11 is 0. The van der Waals surface area contributed by atoms with Gasteiger partial charge in [-0.15, -0.1) is 0 Å². The Labute approximate surface area is 199 Å². The number of aromatic amines is 1. The van der Waals surface area contributed by atoms with E-state index in [4.69, 9.17) is 15.9 Å². The molecule has 0 saturated heterocycles. The van der Waals surface area contributed by atoms with Gasteiger partial charge in [0.05, 0.1) is 5.56 Å². The molecule has 1 aromatic carbocycles. The van der Waals surface area contributed by atoms with Crippen LogP contribution >= 0.6 is 0 Å². The molecule has 0 bridgehead atoms. The van der Waals surface area contributed by atoms with Crippen LogP contribution in [0.5, 0.6) is 0 Å². The number of hydrogen-bond acceptors (Lipinski definition) is 7. The van der Waals surface area contributed by atoms with Gasteiger partial charge in [0.1, 0.15) is 17.4 Å². The molecule has 194 valence electrons. The maximum absolute atomic E-state index is 14.7. The van der Waals surface area contributed by atoms with E-state index in [1.807, 2.05) is 0 Å². The lowest BCUT2D eigenvalue weighted by Crippen LogP contribution is -2.42. The number of aliphatic carboxylic acids is 2. The van der Waals surface area contributed by atoms with Crippen LogP contribution in [0.1, 0.15) is 40.7 Å². The largest absolute Gasteiger partial charge is 0.481 e. The number of amides is 1. The number of benzene rings is 1. The average molecular weight is 515 g/mol. The first kappa shape index (κ1) is 26.4. The van der Waals surface area contributed by atoms with Gasteiger partial charge in [-0.1, -0.05) is 0 Å². The molecule has 36 heavy (non-hydrogen) atoms. The van der Waals surface area contributed by atoms with Crippen molar-refractivity contribution in [1.29, 1.82) is 0 Å². The second kappa shape index (κ2) is 10.6. The predicted molar refractivity (Wildman–Crippen MR) is 115 cm³/mol. The Hall–Kier alpha value is -4.17. The monoisotopic (exact) mass is 515 g/mol. The number of rotatable bonds is 9. The quantitative estimate of drug-likeness (QED) is 0.210. The maximum Gasteiger partial charge on any atom is 0.326 e. The molecule has 11 nitrogen and oxygen atoms in total. The molecule has 3 rings (SSSR count). The van der Waals surface area contributed by atoms with Crippen molar-refractivity contribution in [2.45, 2.75) is 38.1 Å². The van der Waals surface area contributed by atoms with E-state index in [-0.39, 0.29) is 42.6 Å². The highest BCUT2D eigenvalue weighted by molar-refractivity contribution is 5.97. The molecule has 2 heterocycles. The predicted octanol–water partition coefficient (Wildman–Crippen LogP) is 1.17. The number of hydrogen-bond donors (Lipinski definition) is 6. The number of H-pyrrole nitrogens is 1. The molecule has 1 aliphatic heterocycles. The number of carbonyl (C=O) groups is 3. The van der Waals surface area contributed by atoms with Crippen LogP contribution in [0.25, 0.3) is 0 Å². The number of aromatic nitrogens is 2. The molecular weight excluding hydrogens is 494 g/mol. The number of nitrogens with one attached hydrogen (secondary N) is 3. The molecule has 7 N–H and O–H groups in total. The van der Waals surface area contributed by atoms with Crippen molar-refractivity contribution in [3.8, 4) is 0 Å². The standard InChI is InChI=1S/C21H21F4N5O6/c22-13-8(2-1-7-5-9-17(27-6-7)29-21(26)30-18(9)33)14(23)16(25)12(15(13)24)19(34)28-10(20(35)36)3-4-11(31)32/h7,10H,1-6H2,(H,28,34)(H,31,32)(H,35,36)(H4,26,27,29,30,33)/t7?,10-/m0/s1. The summed E-state index contributed by atoms with van der Waals surface area (Å²) in [5.74, 6) is -12.7. The molecule has 0 radical (unpaired) electrons. The first-order valence-electron chi connectivity index (χ1n) is 10.6. The summed E-state index contributed by atoms with van der Waals surface area (Å²) in [5, 5.41) is 22.3. The second-order valence-electron chi connectivity index (χ2n) is 8.17. The van der Waals surface area contributed by atoms with Gasteiger partial charge >= 0.3 is 11.9 Å². The van der Waals surface area contributed by atoms with Crippen molar-refractivity contribution < 1.29 is 42.2 Å². The van der Waals surface area contributed by atoms with Crippen LogP contribution < -0.4 is 21.9 Å². The minimum absolute atomic E-state index is 0.00476. The summed E-state index contributed by atoms with van der Waals surface area (Å²) in [4.78, 5) is 52.4. The van der Waals surface area contributed by atoms with E-state index in [9.17, 15) is 36.7 Å². The summed E-state index contributed by atoms with van der Waals surface area (Å²) < 4.78 is 58.6. The summed E-state index contributed by atoms with van der Waals surface area (Å²) in [5.41, 5.74) is 2.61. The van der Waals surface area contributed by atoms with Crippen LogP contribution in [-0.2, 0) is 22.4 Å². The van der Waals surface area contributed by atoms with Crippen LogP contribution in [0, 0.1) is 29.2 Å². The number of nitrogens with zero attached hydrogens (tertiary/aromatic N) is 1. The molecule has 0 aliphatic carbocycles. The first-order chi connectivity index (χ1) is 16.9. The van der Waals surface area contributed by atoms with Gasteiger partial charge in [0.15, 0.2) is 23.3 Å². The number of anilines is 2. The van der Waals surface area contributed by atoms with Gasteiger partial charge in [-0.3, -0.25) is 19.4 Å². The molecule has 1 aliphatic rings. The summed E-state index contributed by atoms with van der Waals surface area (Å²) in [6, 6.07) is -1.87. The molecular formula is C21H21F4N5O6. The summed E-state index contributed by atoms with van der Waals surface area (Å²) in [7, 11) is 0. The van der Waals surface area contributed by atoms with Crippen molar-refractivity contribution in [2.24, 2.45) is 5.92 Å². The average Bonchev–Trinajstić information content (AvgIpc) is 2.80. The Morgan fingerprint density at radius 2 is 1.75 bits per heavy atom. The third-order valence-electron chi connectivity index (χ3n) is 5.72. The van der Waals surface area contributed by atoms with Crippen molar-refractivity contribution in [1.82, 2.24) is 15.3 Å². The molecule has 0 saturated carbocycles. The van der Waals surface area contributed by atoms with Gasteiger partial charge in [-0.05, 0) is 31.6 Å². The van der Waals surface area contributed by atoms with Crippen LogP contribution in [0.15, 0.2) is 4.79 Å². The lowest BCUT2D eigenvalue weighted by molar-refractivity contribution is -0.140.